The number of rotatable bonds is 2. The van der Waals surface area contributed by atoms with E-state index in [0.29, 0.717) is 55.5 Å². The predicted molar refractivity (Wildman–Crippen MR) is 104 cm³/mol. The Morgan fingerprint density at radius 1 is 1.10 bits per heavy atom. The van der Waals surface area contributed by atoms with Crippen molar-refractivity contribution in [1.29, 1.82) is 0 Å². The second-order valence-electron chi connectivity index (χ2n) is 7.65. The van der Waals surface area contributed by atoms with E-state index in [2.05, 4.69) is 0 Å². The topological polar surface area (TPSA) is 90.7 Å². The summed E-state index contributed by atoms with van der Waals surface area (Å²) in [5.74, 6) is -0.437. The molecule has 1 unspecified atom stereocenters. The number of ether oxygens (including phenoxy) is 2. The molecule has 0 radical (unpaired) electrons. The highest BCUT2D eigenvalue weighted by molar-refractivity contribution is 7.90. The maximum atomic E-state index is 13.3. The molecule has 29 heavy (non-hydrogen) atoms. The summed E-state index contributed by atoms with van der Waals surface area (Å²) in [7, 11) is -3.54. The summed E-state index contributed by atoms with van der Waals surface area (Å²) in [6.07, 6.45) is 1.79. The lowest BCUT2D eigenvalue weighted by Crippen LogP contribution is -2.41. The van der Waals surface area contributed by atoms with Gasteiger partial charge in [0.2, 0.25) is 0 Å². The summed E-state index contributed by atoms with van der Waals surface area (Å²) in [5, 5.41) is 4.70. The van der Waals surface area contributed by atoms with Crippen LogP contribution >= 0.6 is 0 Å². The fourth-order valence-electron chi connectivity index (χ4n) is 4.36. The molecule has 0 aliphatic carbocycles. The van der Waals surface area contributed by atoms with Crippen LogP contribution in [0.4, 0.5) is 0 Å². The minimum absolute atomic E-state index is 0.0161. The second-order valence-corrected chi connectivity index (χ2v) is 9.61. The molecule has 5 rings (SSSR count). The van der Waals surface area contributed by atoms with Crippen molar-refractivity contribution >= 4 is 15.7 Å². The number of carbonyl (C=O) groups excluding carboxylic acids is 1. The van der Waals surface area contributed by atoms with Crippen molar-refractivity contribution in [3.05, 3.63) is 35.5 Å². The van der Waals surface area contributed by atoms with Gasteiger partial charge in [-0.2, -0.15) is 5.10 Å². The molecule has 0 saturated carbocycles. The monoisotopic (exact) mass is 417 g/mol. The molecule has 2 saturated heterocycles. The van der Waals surface area contributed by atoms with Crippen LogP contribution in [0.5, 0.6) is 0 Å². The Bertz CT molecular complexity index is 1050. The third-order valence-corrected chi connectivity index (χ3v) is 7.50. The molecule has 0 bridgehead atoms. The highest BCUT2D eigenvalue weighted by Gasteiger charge is 2.38. The van der Waals surface area contributed by atoms with Crippen LogP contribution in [-0.4, -0.2) is 68.5 Å². The molecule has 1 aromatic heterocycles. The molecule has 1 atom stereocenters. The molecule has 8 nitrogen and oxygen atoms in total. The van der Waals surface area contributed by atoms with Crippen LogP contribution < -0.4 is 0 Å². The van der Waals surface area contributed by atoms with Crippen LogP contribution in [0.25, 0.3) is 11.3 Å². The number of sulfone groups is 1. The van der Waals surface area contributed by atoms with Crippen molar-refractivity contribution in [1.82, 2.24) is 14.7 Å². The molecule has 1 aromatic carbocycles. The Hall–Kier alpha value is -2.23. The van der Waals surface area contributed by atoms with E-state index in [-0.39, 0.29) is 23.4 Å². The molecule has 2 aromatic rings. The number of morpholine rings is 1. The van der Waals surface area contributed by atoms with E-state index in [0.717, 1.165) is 18.5 Å². The van der Waals surface area contributed by atoms with Gasteiger partial charge in [-0.15, -0.1) is 0 Å². The number of aromatic nitrogens is 2. The lowest BCUT2D eigenvalue weighted by atomic mass is 10.0. The van der Waals surface area contributed by atoms with E-state index >= 15 is 0 Å². The van der Waals surface area contributed by atoms with Gasteiger partial charge in [0.05, 0.1) is 42.2 Å². The standard InChI is InChI=1S/C20H23N3O5S/c24-20(22-7-10-27-11-8-22)18-16-13-29(25,26)17-6-2-1-5-15(17)19(16)23(21-18)14-4-3-9-28-12-14/h1-2,5-6,14H,3-4,7-13H2. The normalized spacial score (nSPS) is 23.3. The molecule has 0 N–H and O–H groups in total. The Balaban J connectivity index is 1.68. The molecule has 0 spiro atoms. The molecule has 154 valence electrons. The van der Waals surface area contributed by atoms with Crippen molar-refractivity contribution in [3.63, 3.8) is 0 Å². The van der Waals surface area contributed by atoms with Crippen molar-refractivity contribution in [2.24, 2.45) is 0 Å². The molecule has 1 amide bonds. The zero-order chi connectivity index (χ0) is 20.0. The number of hydrogen-bond acceptors (Lipinski definition) is 6. The fourth-order valence-corrected chi connectivity index (χ4v) is 5.96. The second kappa shape index (κ2) is 7.23. The summed E-state index contributed by atoms with van der Waals surface area (Å²) in [4.78, 5) is 15.3. The van der Waals surface area contributed by atoms with Gasteiger partial charge in [-0.1, -0.05) is 18.2 Å². The third kappa shape index (κ3) is 3.17. The number of amides is 1. The zero-order valence-corrected chi connectivity index (χ0v) is 16.9. The largest absolute Gasteiger partial charge is 0.379 e. The van der Waals surface area contributed by atoms with E-state index < -0.39 is 9.84 Å². The molecule has 4 heterocycles. The van der Waals surface area contributed by atoms with Gasteiger partial charge in [0.15, 0.2) is 15.5 Å². The molecular formula is C20H23N3O5S. The van der Waals surface area contributed by atoms with Crippen LogP contribution in [0, 0.1) is 0 Å². The number of carbonyl (C=O) groups is 1. The predicted octanol–water partition coefficient (Wildman–Crippen LogP) is 1.66. The number of hydrogen-bond donors (Lipinski definition) is 0. The minimum atomic E-state index is -3.54. The van der Waals surface area contributed by atoms with Crippen LogP contribution in [0.15, 0.2) is 29.2 Å². The minimum Gasteiger partial charge on any atom is -0.379 e. The number of fused-ring (bicyclic) bond motifs is 3. The number of nitrogens with zero attached hydrogens (tertiary/aromatic N) is 3. The van der Waals surface area contributed by atoms with E-state index in [1.54, 1.807) is 23.1 Å². The quantitative estimate of drug-likeness (QED) is 0.738. The fraction of sp³-hybridized carbons (Fsp3) is 0.500. The maximum Gasteiger partial charge on any atom is 0.274 e. The highest BCUT2D eigenvalue weighted by atomic mass is 32.2. The maximum absolute atomic E-state index is 13.3. The molecule has 9 heteroatoms. The SMILES string of the molecule is O=C(c1nn(C2CCCOC2)c2c1CS(=O)(=O)c1ccccc1-2)N1CCOCC1. The van der Waals surface area contributed by atoms with E-state index in [4.69, 9.17) is 14.6 Å². The molecule has 2 fully saturated rings. The van der Waals surface area contributed by atoms with Gasteiger partial charge in [0, 0.05) is 30.8 Å². The Morgan fingerprint density at radius 2 is 1.90 bits per heavy atom. The summed E-state index contributed by atoms with van der Waals surface area (Å²) < 4.78 is 38.8. The Labute approximate surface area is 169 Å². The first-order valence-electron chi connectivity index (χ1n) is 9.94. The highest BCUT2D eigenvalue weighted by Crippen LogP contribution is 2.41. The van der Waals surface area contributed by atoms with E-state index in [9.17, 15) is 13.2 Å². The molecular weight excluding hydrogens is 394 g/mol. The lowest BCUT2D eigenvalue weighted by Gasteiger charge is -2.26. The van der Waals surface area contributed by atoms with Gasteiger partial charge in [-0.05, 0) is 18.9 Å². The van der Waals surface area contributed by atoms with Crippen molar-refractivity contribution in [2.75, 3.05) is 39.5 Å². The molecule has 3 aliphatic rings. The summed E-state index contributed by atoms with van der Waals surface area (Å²) >= 11 is 0. The van der Waals surface area contributed by atoms with E-state index in [1.807, 2.05) is 10.7 Å². The van der Waals surface area contributed by atoms with Crippen LogP contribution in [0.3, 0.4) is 0 Å². The Kier molecular flexibility index (Phi) is 4.68. The van der Waals surface area contributed by atoms with Crippen LogP contribution in [0.1, 0.15) is 34.9 Å². The van der Waals surface area contributed by atoms with Gasteiger partial charge in [0.1, 0.15) is 0 Å². The van der Waals surface area contributed by atoms with Crippen molar-refractivity contribution in [3.8, 4) is 11.3 Å². The van der Waals surface area contributed by atoms with Gasteiger partial charge in [-0.3, -0.25) is 9.48 Å². The van der Waals surface area contributed by atoms with Gasteiger partial charge >= 0.3 is 0 Å². The van der Waals surface area contributed by atoms with Crippen molar-refractivity contribution in [2.45, 2.75) is 29.5 Å². The van der Waals surface area contributed by atoms with Crippen molar-refractivity contribution < 1.29 is 22.7 Å². The molecule has 3 aliphatic heterocycles. The van der Waals surface area contributed by atoms with Crippen LogP contribution in [0.2, 0.25) is 0 Å². The van der Waals surface area contributed by atoms with Gasteiger partial charge in [0.25, 0.3) is 5.91 Å². The average molecular weight is 417 g/mol. The van der Waals surface area contributed by atoms with E-state index in [1.165, 1.54) is 0 Å². The first kappa shape index (κ1) is 18.8. The summed E-state index contributed by atoms with van der Waals surface area (Å²) in [6, 6.07) is 6.96. The summed E-state index contributed by atoms with van der Waals surface area (Å²) in [6.45, 7) is 3.14. The third-order valence-electron chi connectivity index (χ3n) is 5.80. The average Bonchev–Trinajstić information content (AvgIpc) is 3.13. The zero-order valence-electron chi connectivity index (χ0n) is 16.0. The lowest BCUT2D eigenvalue weighted by molar-refractivity contribution is 0.0295. The first-order valence-corrected chi connectivity index (χ1v) is 11.6. The Morgan fingerprint density at radius 3 is 2.66 bits per heavy atom. The summed E-state index contributed by atoms with van der Waals surface area (Å²) in [5.41, 5.74) is 2.10. The van der Waals surface area contributed by atoms with Gasteiger partial charge in [-0.25, -0.2) is 8.42 Å². The van der Waals surface area contributed by atoms with Gasteiger partial charge < -0.3 is 14.4 Å². The smallest absolute Gasteiger partial charge is 0.274 e. The van der Waals surface area contributed by atoms with Crippen LogP contribution in [-0.2, 0) is 25.1 Å². The number of benzene rings is 1. The first-order chi connectivity index (χ1) is 14.1.